The van der Waals surface area contributed by atoms with Crippen molar-refractivity contribution in [3.63, 3.8) is 0 Å². The van der Waals surface area contributed by atoms with Crippen molar-refractivity contribution >= 4 is 22.9 Å². The average molecular weight is 254 g/mol. The van der Waals surface area contributed by atoms with Gasteiger partial charge in [0.25, 0.3) is 0 Å². The molecule has 0 heterocycles. The first kappa shape index (κ1) is 13.9. The lowest BCUT2D eigenvalue weighted by molar-refractivity contribution is 0.623. The third-order valence-electron chi connectivity index (χ3n) is 2.74. The van der Waals surface area contributed by atoms with Crippen molar-refractivity contribution in [1.29, 1.82) is 0 Å². The number of thiocarbonyl (C=S) groups is 1. The van der Waals surface area contributed by atoms with Gasteiger partial charge in [-0.25, -0.2) is 4.39 Å². The maximum atomic E-state index is 13.7. The lowest BCUT2D eigenvalue weighted by atomic mass is 10.1. The fraction of sp³-hybridized carbons (Fsp3) is 0.462. The van der Waals surface area contributed by atoms with Gasteiger partial charge < -0.3 is 10.6 Å². The van der Waals surface area contributed by atoms with Crippen LogP contribution in [0.1, 0.15) is 32.3 Å². The lowest BCUT2D eigenvalue weighted by Crippen LogP contribution is -2.27. The highest BCUT2D eigenvalue weighted by Gasteiger charge is 2.15. The molecule has 0 saturated carbocycles. The van der Waals surface area contributed by atoms with Crippen molar-refractivity contribution < 1.29 is 4.39 Å². The van der Waals surface area contributed by atoms with Gasteiger partial charge in [-0.05, 0) is 25.5 Å². The van der Waals surface area contributed by atoms with Crippen LogP contribution >= 0.6 is 12.2 Å². The molecule has 0 bridgehead atoms. The van der Waals surface area contributed by atoms with Crippen LogP contribution in [0, 0.1) is 5.82 Å². The zero-order chi connectivity index (χ0) is 12.8. The molecule has 0 atom stereocenters. The van der Waals surface area contributed by atoms with Gasteiger partial charge in [-0.2, -0.15) is 0 Å². The van der Waals surface area contributed by atoms with Crippen LogP contribution in [-0.2, 0) is 0 Å². The molecule has 0 aliphatic rings. The molecule has 0 spiro atoms. The number of unbranched alkanes of at least 4 members (excludes halogenated alkanes) is 1. The van der Waals surface area contributed by atoms with Gasteiger partial charge in [-0.1, -0.05) is 31.6 Å². The first-order valence-electron chi connectivity index (χ1n) is 5.95. The number of hydrogen-bond donors (Lipinski definition) is 1. The second-order valence-corrected chi connectivity index (χ2v) is 4.37. The molecule has 0 aliphatic heterocycles. The molecule has 0 fully saturated rings. The van der Waals surface area contributed by atoms with E-state index < -0.39 is 0 Å². The summed E-state index contributed by atoms with van der Waals surface area (Å²) in [6, 6.07) is 4.96. The molecule has 0 aliphatic carbocycles. The summed E-state index contributed by atoms with van der Waals surface area (Å²) in [7, 11) is 0. The standard InChI is InChI=1S/C13H19FN2S/c1-3-5-9-16(4-2)11-8-6-7-10(14)12(11)13(15)17/h6-8H,3-5,9H2,1-2H3,(H2,15,17). The Morgan fingerprint density at radius 2 is 2.12 bits per heavy atom. The minimum atomic E-state index is -0.343. The molecule has 17 heavy (non-hydrogen) atoms. The Balaban J connectivity index is 3.09. The smallest absolute Gasteiger partial charge is 0.135 e. The number of rotatable bonds is 6. The van der Waals surface area contributed by atoms with Gasteiger partial charge in [0.1, 0.15) is 10.8 Å². The summed E-state index contributed by atoms with van der Waals surface area (Å²) in [5, 5.41) is 0. The van der Waals surface area contributed by atoms with E-state index in [0.29, 0.717) is 5.56 Å². The molecule has 1 aromatic rings. The summed E-state index contributed by atoms with van der Waals surface area (Å²) in [5.41, 5.74) is 6.76. The first-order chi connectivity index (χ1) is 8.11. The van der Waals surface area contributed by atoms with E-state index in [1.807, 2.05) is 13.0 Å². The topological polar surface area (TPSA) is 29.3 Å². The van der Waals surface area contributed by atoms with Gasteiger partial charge in [0.15, 0.2) is 0 Å². The van der Waals surface area contributed by atoms with Crippen molar-refractivity contribution in [3.05, 3.63) is 29.6 Å². The van der Waals surface area contributed by atoms with Crippen LogP contribution in [-0.4, -0.2) is 18.1 Å². The molecule has 0 amide bonds. The minimum absolute atomic E-state index is 0.119. The Morgan fingerprint density at radius 3 is 2.65 bits per heavy atom. The van der Waals surface area contributed by atoms with Gasteiger partial charge in [-0.3, -0.25) is 0 Å². The largest absolute Gasteiger partial charge is 0.389 e. The highest BCUT2D eigenvalue weighted by molar-refractivity contribution is 7.80. The minimum Gasteiger partial charge on any atom is -0.389 e. The zero-order valence-corrected chi connectivity index (χ0v) is 11.2. The van der Waals surface area contributed by atoms with Crippen LogP contribution in [0.5, 0.6) is 0 Å². The molecule has 0 radical (unpaired) electrons. The molecule has 0 saturated heterocycles. The van der Waals surface area contributed by atoms with Gasteiger partial charge in [0.2, 0.25) is 0 Å². The first-order valence-corrected chi connectivity index (χ1v) is 6.35. The van der Waals surface area contributed by atoms with E-state index in [0.717, 1.165) is 31.6 Å². The number of anilines is 1. The van der Waals surface area contributed by atoms with Crippen LogP contribution < -0.4 is 10.6 Å². The fourth-order valence-corrected chi connectivity index (χ4v) is 2.02. The van der Waals surface area contributed by atoms with E-state index in [1.165, 1.54) is 6.07 Å². The van der Waals surface area contributed by atoms with E-state index in [-0.39, 0.29) is 10.8 Å². The van der Waals surface area contributed by atoms with E-state index >= 15 is 0 Å². The fourth-order valence-electron chi connectivity index (χ4n) is 1.82. The molecule has 4 heteroatoms. The van der Waals surface area contributed by atoms with E-state index in [1.54, 1.807) is 6.07 Å². The molecular weight excluding hydrogens is 235 g/mol. The average Bonchev–Trinajstić information content (AvgIpc) is 2.29. The van der Waals surface area contributed by atoms with Crippen molar-refractivity contribution in [2.24, 2.45) is 5.73 Å². The van der Waals surface area contributed by atoms with Crippen LogP contribution in [0.2, 0.25) is 0 Å². The summed E-state index contributed by atoms with van der Waals surface area (Å²) in [6.07, 6.45) is 2.18. The van der Waals surface area contributed by atoms with Crippen LogP contribution in [0.3, 0.4) is 0 Å². The normalized spacial score (nSPS) is 10.3. The third kappa shape index (κ3) is 3.40. The molecule has 1 aromatic carbocycles. The Kier molecular flexibility index (Phi) is 5.35. The van der Waals surface area contributed by atoms with Gasteiger partial charge in [-0.15, -0.1) is 0 Å². The molecule has 94 valence electrons. The predicted octanol–water partition coefficient (Wildman–Crippen LogP) is 3.09. The summed E-state index contributed by atoms with van der Waals surface area (Å²) in [4.78, 5) is 2.23. The summed E-state index contributed by atoms with van der Waals surface area (Å²) in [6.45, 7) is 5.89. The van der Waals surface area contributed by atoms with Crippen molar-refractivity contribution in [3.8, 4) is 0 Å². The third-order valence-corrected chi connectivity index (χ3v) is 2.95. The Morgan fingerprint density at radius 1 is 1.41 bits per heavy atom. The van der Waals surface area contributed by atoms with Crippen LogP contribution in [0.4, 0.5) is 10.1 Å². The van der Waals surface area contributed by atoms with Crippen LogP contribution in [0.25, 0.3) is 0 Å². The van der Waals surface area contributed by atoms with Gasteiger partial charge in [0, 0.05) is 18.8 Å². The predicted molar refractivity (Wildman–Crippen MR) is 75.1 cm³/mol. The number of benzene rings is 1. The maximum absolute atomic E-state index is 13.7. The SMILES string of the molecule is CCCCN(CC)c1cccc(F)c1C(N)=S. The van der Waals surface area contributed by atoms with E-state index in [4.69, 9.17) is 18.0 Å². The monoisotopic (exact) mass is 254 g/mol. The van der Waals surface area contributed by atoms with Crippen molar-refractivity contribution in [2.75, 3.05) is 18.0 Å². The van der Waals surface area contributed by atoms with Crippen molar-refractivity contribution in [1.82, 2.24) is 0 Å². The van der Waals surface area contributed by atoms with E-state index in [2.05, 4.69) is 11.8 Å². The Hall–Kier alpha value is -1.16. The van der Waals surface area contributed by atoms with Gasteiger partial charge in [0.05, 0.1) is 5.56 Å². The van der Waals surface area contributed by atoms with Gasteiger partial charge >= 0.3 is 0 Å². The molecule has 0 unspecified atom stereocenters. The summed E-state index contributed by atoms with van der Waals surface area (Å²) in [5.74, 6) is -0.343. The van der Waals surface area contributed by atoms with E-state index in [9.17, 15) is 4.39 Å². The van der Waals surface area contributed by atoms with Crippen molar-refractivity contribution in [2.45, 2.75) is 26.7 Å². The van der Waals surface area contributed by atoms with Crippen LogP contribution in [0.15, 0.2) is 18.2 Å². The highest BCUT2D eigenvalue weighted by Crippen LogP contribution is 2.23. The quantitative estimate of drug-likeness (QED) is 0.791. The maximum Gasteiger partial charge on any atom is 0.135 e. The number of nitrogens with two attached hydrogens (primary N) is 1. The molecule has 2 N–H and O–H groups in total. The summed E-state index contributed by atoms with van der Waals surface area (Å²) >= 11 is 4.93. The Bertz CT molecular complexity index is 393. The summed E-state index contributed by atoms with van der Waals surface area (Å²) < 4.78 is 13.7. The lowest BCUT2D eigenvalue weighted by Gasteiger charge is -2.25. The number of hydrogen-bond acceptors (Lipinski definition) is 2. The number of nitrogens with zero attached hydrogens (tertiary/aromatic N) is 1. The Labute approximate surface area is 108 Å². The second-order valence-electron chi connectivity index (χ2n) is 3.93. The molecule has 0 aromatic heterocycles. The number of halogens is 1. The molecule has 2 nitrogen and oxygen atoms in total. The molecule has 1 rings (SSSR count). The molecular formula is C13H19FN2S. The highest BCUT2D eigenvalue weighted by atomic mass is 32.1. The zero-order valence-electron chi connectivity index (χ0n) is 10.4. The second kappa shape index (κ2) is 6.55.